The Bertz CT molecular complexity index is 302. The van der Waals surface area contributed by atoms with Gasteiger partial charge in [-0.3, -0.25) is 12.2 Å². The van der Waals surface area contributed by atoms with Crippen molar-refractivity contribution in [2.24, 2.45) is 5.92 Å². The molecular weight excluding hydrogens is 271 g/mol. The second-order valence-corrected chi connectivity index (χ2v) is 6.44. The van der Waals surface area contributed by atoms with E-state index in [0.29, 0.717) is 5.92 Å². The molecule has 1 heteroatoms. The summed E-state index contributed by atoms with van der Waals surface area (Å²) in [6.07, 6.45) is 17.5. The van der Waals surface area contributed by atoms with Crippen molar-refractivity contribution in [3.05, 3.63) is 48.1 Å². The van der Waals surface area contributed by atoms with Gasteiger partial charge in [-0.2, -0.15) is 12.2 Å². The zero-order valence-corrected chi connectivity index (χ0v) is 13.1. The quantitative estimate of drug-likeness (QED) is 0.592. The van der Waals surface area contributed by atoms with Gasteiger partial charge in [0.05, 0.1) is 0 Å². The molecule has 0 amide bonds. The summed E-state index contributed by atoms with van der Waals surface area (Å²) < 4.78 is 1.51. The van der Waals surface area contributed by atoms with E-state index in [4.69, 9.17) is 0 Å². The van der Waals surface area contributed by atoms with Crippen LogP contribution in [0.2, 0.25) is 0 Å². The van der Waals surface area contributed by atoms with E-state index in [-0.39, 0.29) is 0 Å². The molecule has 2 aliphatic rings. The Balaban J connectivity index is 0.000000222. The topological polar surface area (TPSA) is 0 Å². The average molecular weight is 292 g/mol. The fraction of sp³-hybridized carbons (Fsp3) is 0.400. The van der Waals surface area contributed by atoms with Crippen LogP contribution in [0.1, 0.15) is 34.1 Å². The van der Waals surface area contributed by atoms with E-state index in [0.717, 1.165) is 6.42 Å². The van der Waals surface area contributed by atoms with Crippen molar-refractivity contribution in [3.8, 4) is 0 Å². The van der Waals surface area contributed by atoms with Crippen LogP contribution >= 0.6 is 0 Å². The third-order valence-corrected chi connectivity index (χ3v) is 1.68. The van der Waals surface area contributed by atoms with E-state index < -0.39 is 0 Å². The predicted octanol–water partition coefficient (Wildman–Crippen LogP) is 3.99. The molecule has 16 heavy (non-hydrogen) atoms. The summed E-state index contributed by atoms with van der Waals surface area (Å²) in [5.41, 5.74) is 1.27. The van der Waals surface area contributed by atoms with Crippen LogP contribution < -0.4 is 0 Å². The largest absolute Gasteiger partial charge is 0.273 e. The van der Waals surface area contributed by atoms with Gasteiger partial charge in [0.1, 0.15) is 0 Å². The number of allylic oxidation sites excluding steroid dienone is 8. The Morgan fingerprint density at radius 2 is 2.06 bits per heavy atom. The second kappa shape index (κ2) is 9.91. The molecule has 0 aromatic carbocycles. The zero-order valence-electron chi connectivity index (χ0n) is 10.7. The molecule has 0 bridgehead atoms. The maximum Gasteiger partial charge on any atom is -0.109 e. The van der Waals surface area contributed by atoms with E-state index in [1.165, 1.54) is 8.78 Å². The van der Waals surface area contributed by atoms with E-state index in [2.05, 4.69) is 58.1 Å². The van der Waals surface area contributed by atoms with E-state index in [1.807, 2.05) is 12.2 Å². The molecule has 0 radical (unpaired) electrons. The van der Waals surface area contributed by atoms with E-state index in [1.54, 1.807) is 24.2 Å². The Labute approximate surface area is 115 Å². The minimum atomic E-state index is 0.556. The molecule has 2 aliphatic carbocycles. The molecule has 0 saturated heterocycles. The molecule has 0 aromatic rings. The van der Waals surface area contributed by atoms with Gasteiger partial charge >= 0.3 is 41.3 Å². The standard InChI is InChI=1S/C7H9.C5H5.C3H6.Zr/c1-6-3-4-7(2)5-6;1-2-4-5-3-1;1-3-2;/h3-4,6H,1-2H3;1-3H,4H2;1-2H3;/q2*-1;;+2. The van der Waals surface area contributed by atoms with Gasteiger partial charge in [-0.1, -0.05) is 19.8 Å². The molecule has 0 N–H and O–H groups in total. The monoisotopic (exact) mass is 290 g/mol. The van der Waals surface area contributed by atoms with Gasteiger partial charge in [0, 0.05) is 0 Å². The van der Waals surface area contributed by atoms with Crippen LogP contribution in [0.3, 0.4) is 0 Å². The Morgan fingerprint density at radius 1 is 1.44 bits per heavy atom. The van der Waals surface area contributed by atoms with Crippen molar-refractivity contribution >= 4 is 3.21 Å². The fourth-order valence-electron chi connectivity index (χ4n) is 1.08. The summed E-state index contributed by atoms with van der Waals surface area (Å²) in [6, 6.07) is 0. The van der Waals surface area contributed by atoms with Crippen LogP contribution in [0.5, 0.6) is 0 Å². The van der Waals surface area contributed by atoms with Crippen molar-refractivity contribution in [2.75, 3.05) is 0 Å². The van der Waals surface area contributed by atoms with Crippen LogP contribution in [-0.4, -0.2) is 3.21 Å². The maximum absolute atomic E-state index is 3.22. The van der Waals surface area contributed by atoms with E-state index >= 15 is 0 Å². The summed E-state index contributed by atoms with van der Waals surface area (Å²) in [5.74, 6) is 0.556. The summed E-state index contributed by atoms with van der Waals surface area (Å²) in [6.45, 7) is 8.45. The molecule has 0 fully saturated rings. The first-order valence-electron chi connectivity index (χ1n) is 5.54. The summed E-state index contributed by atoms with van der Waals surface area (Å²) in [5, 5.41) is 0. The van der Waals surface area contributed by atoms with Crippen molar-refractivity contribution in [2.45, 2.75) is 34.1 Å². The van der Waals surface area contributed by atoms with Crippen molar-refractivity contribution < 1.29 is 24.2 Å². The smallest absolute Gasteiger partial charge is 0.109 e. The number of hydrogen-bond acceptors (Lipinski definition) is 0. The van der Waals surface area contributed by atoms with Crippen molar-refractivity contribution in [3.63, 3.8) is 0 Å². The zero-order chi connectivity index (χ0) is 12.4. The van der Waals surface area contributed by atoms with E-state index in [9.17, 15) is 0 Å². The van der Waals surface area contributed by atoms with Crippen molar-refractivity contribution in [1.29, 1.82) is 0 Å². The molecule has 84 valence electrons. The summed E-state index contributed by atoms with van der Waals surface area (Å²) >= 11 is 1.55. The normalized spacial score (nSPS) is 19.6. The van der Waals surface area contributed by atoms with Gasteiger partial charge in [-0.15, -0.1) is 6.42 Å². The first-order valence-corrected chi connectivity index (χ1v) is 6.77. The molecule has 0 aromatic heterocycles. The van der Waals surface area contributed by atoms with Crippen LogP contribution in [0.25, 0.3) is 0 Å². The predicted molar refractivity (Wildman–Crippen MR) is 68.7 cm³/mol. The Kier molecular flexibility index (Phi) is 9.73. The third kappa shape index (κ3) is 11.8. The van der Waals surface area contributed by atoms with Crippen LogP contribution in [0.15, 0.2) is 36.0 Å². The summed E-state index contributed by atoms with van der Waals surface area (Å²) in [4.78, 5) is 0. The van der Waals surface area contributed by atoms with Gasteiger partial charge < -0.3 is 0 Å². The Morgan fingerprint density at radius 3 is 2.19 bits per heavy atom. The van der Waals surface area contributed by atoms with Gasteiger partial charge in [0.15, 0.2) is 0 Å². The maximum atomic E-state index is 3.22. The minimum absolute atomic E-state index is 0.556. The first-order chi connectivity index (χ1) is 7.52. The molecule has 0 saturated carbocycles. The Hall–Kier alpha value is -0.287. The first kappa shape index (κ1) is 15.7. The molecule has 0 aliphatic heterocycles. The van der Waals surface area contributed by atoms with Gasteiger partial charge in [-0.05, 0) is 0 Å². The molecule has 0 nitrogen and oxygen atoms in total. The number of rotatable bonds is 0. The van der Waals surface area contributed by atoms with Gasteiger partial charge in [0.2, 0.25) is 0 Å². The van der Waals surface area contributed by atoms with Gasteiger partial charge in [0.25, 0.3) is 0 Å². The molecule has 0 spiro atoms. The molecule has 1 atom stereocenters. The van der Waals surface area contributed by atoms with Crippen LogP contribution in [0.4, 0.5) is 0 Å². The molecule has 2 rings (SSSR count). The van der Waals surface area contributed by atoms with Gasteiger partial charge in [-0.25, -0.2) is 23.8 Å². The van der Waals surface area contributed by atoms with Crippen LogP contribution in [-0.2, 0) is 24.2 Å². The van der Waals surface area contributed by atoms with Crippen molar-refractivity contribution in [1.82, 2.24) is 0 Å². The third-order valence-electron chi connectivity index (χ3n) is 1.68. The minimum Gasteiger partial charge on any atom is -0.273 e. The molecule has 0 heterocycles. The summed E-state index contributed by atoms with van der Waals surface area (Å²) in [7, 11) is 0. The average Bonchev–Trinajstić information content (AvgIpc) is 2.78. The SMILES string of the molecule is CC1=[C-]C(C)C=C1.C[C](C)=[Zr+2].[C-]1=CC=CC1. The molecular formula is C15H20Zr. The molecule has 1 unspecified atom stereocenters. The fourth-order valence-corrected chi connectivity index (χ4v) is 1.08. The second-order valence-electron chi connectivity index (χ2n) is 3.98. The number of hydrogen-bond donors (Lipinski definition) is 0. The van der Waals surface area contributed by atoms with Crippen LogP contribution in [0, 0.1) is 18.1 Å².